The standard InChI is InChI=1S/C13H19N3OS/c1-10-15-11(9-18-10)5-6-13(17)16-7-3-2-4-12(16)8-14/h5-6,9,12H,2-4,7-8,14H2,1H3. The average molecular weight is 265 g/mol. The molecule has 4 nitrogen and oxygen atoms in total. The molecule has 0 bridgehead atoms. The number of carbonyl (C=O) groups excluding carboxylic acids is 1. The van der Waals surface area contributed by atoms with Gasteiger partial charge in [0.15, 0.2) is 0 Å². The van der Waals surface area contributed by atoms with E-state index in [1.165, 1.54) is 6.42 Å². The van der Waals surface area contributed by atoms with Gasteiger partial charge in [-0.05, 0) is 32.3 Å². The zero-order valence-electron chi connectivity index (χ0n) is 10.6. The lowest BCUT2D eigenvalue weighted by molar-refractivity contribution is -0.129. The van der Waals surface area contributed by atoms with E-state index < -0.39 is 0 Å². The number of hydrogen-bond acceptors (Lipinski definition) is 4. The van der Waals surface area contributed by atoms with E-state index in [1.807, 2.05) is 17.2 Å². The van der Waals surface area contributed by atoms with Crippen LogP contribution in [0.5, 0.6) is 0 Å². The molecule has 0 saturated carbocycles. The number of amides is 1. The number of piperidine rings is 1. The maximum absolute atomic E-state index is 12.1. The van der Waals surface area contributed by atoms with Gasteiger partial charge in [-0.2, -0.15) is 0 Å². The van der Waals surface area contributed by atoms with Crippen LogP contribution < -0.4 is 5.73 Å². The highest BCUT2D eigenvalue weighted by atomic mass is 32.1. The maximum atomic E-state index is 12.1. The van der Waals surface area contributed by atoms with E-state index >= 15 is 0 Å². The van der Waals surface area contributed by atoms with Crippen LogP contribution in [0.3, 0.4) is 0 Å². The first-order chi connectivity index (χ1) is 8.70. The van der Waals surface area contributed by atoms with Gasteiger partial charge in [-0.15, -0.1) is 11.3 Å². The summed E-state index contributed by atoms with van der Waals surface area (Å²) in [5.74, 6) is 0.0517. The molecule has 2 heterocycles. The van der Waals surface area contributed by atoms with Gasteiger partial charge in [0.05, 0.1) is 10.7 Å². The fourth-order valence-corrected chi connectivity index (χ4v) is 2.83. The molecule has 0 radical (unpaired) electrons. The first-order valence-corrected chi connectivity index (χ1v) is 7.19. The number of aromatic nitrogens is 1. The monoisotopic (exact) mass is 265 g/mol. The molecular formula is C13H19N3OS. The van der Waals surface area contributed by atoms with Gasteiger partial charge in [0, 0.05) is 30.6 Å². The summed E-state index contributed by atoms with van der Waals surface area (Å²) in [4.78, 5) is 18.3. The molecule has 18 heavy (non-hydrogen) atoms. The highest BCUT2D eigenvalue weighted by Crippen LogP contribution is 2.17. The van der Waals surface area contributed by atoms with Crippen LogP contribution >= 0.6 is 11.3 Å². The van der Waals surface area contributed by atoms with Crippen molar-refractivity contribution in [2.45, 2.75) is 32.2 Å². The average Bonchev–Trinajstić information content (AvgIpc) is 2.81. The summed E-state index contributed by atoms with van der Waals surface area (Å²) in [6.45, 7) is 3.33. The molecule has 1 fully saturated rings. The number of nitrogens with two attached hydrogens (primary N) is 1. The van der Waals surface area contributed by atoms with Crippen molar-refractivity contribution in [3.05, 3.63) is 22.2 Å². The third kappa shape index (κ3) is 3.17. The van der Waals surface area contributed by atoms with E-state index in [4.69, 9.17) is 5.73 Å². The van der Waals surface area contributed by atoms with Crippen LogP contribution in [0.2, 0.25) is 0 Å². The second-order valence-electron chi connectivity index (χ2n) is 4.54. The molecule has 2 rings (SSSR count). The SMILES string of the molecule is Cc1nc(C=CC(=O)N2CCCCC2CN)cs1. The van der Waals surface area contributed by atoms with Crippen molar-refractivity contribution in [2.75, 3.05) is 13.1 Å². The van der Waals surface area contributed by atoms with Gasteiger partial charge in [-0.25, -0.2) is 4.98 Å². The lowest BCUT2D eigenvalue weighted by Gasteiger charge is -2.34. The largest absolute Gasteiger partial charge is 0.335 e. The Morgan fingerprint density at radius 3 is 3.17 bits per heavy atom. The smallest absolute Gasteiger partial charge is 0.246 e. The first-order valence-electron chi connectivity index (χ1n) is 6.31. The molecule has 1 unspecified atom stereocenters. The number of carbonyl (C=O) groups is 1. The number of nitrogens with zero attached hydrogens (tertiary/aromatic N) is 2. The number of rotatable bonds is 3. The molecule has 1 aromatic rings. The third-order valence-corrected chi connectivity index (χ3v) is 4.01. The summed E-state index contributed by atoms with van der Waals surface area (Å²) in [6, 6.07) is 0.202. The van der Waals surface area contributed by atoms with Gasteiger partial charge in [-0.1, -0.05) is 0 Å². The van der Waals surface area contributed by atoms with Crippen LogP contribution in [0.1, 0.15) is 30.0 Å². The Kier molecular flexibility index (Phi) is 4.49. The minimum atomic E-state index is 0.0517. The van der Waals surface area contributed by atoms with Gasteiger partial charge in [-0.3, -0.25) is 4.79 Å². The Morgan fingerprint density at radius 2 is 2.50 bits per heavy atom. The van der Waals surface area contributed by atoms with Crippen molar-refractivity contribution in [1.29, 1.82) is 0 Å². The normalized spacial score (nSPS) is 20.6. The van der Waals surface area contributed by atoms with E-state index in [0.29, 0.717) is 6.54 Å². The summed E-state index contributed by atoms with van der Waals surface area (Å²) >= 11 is 1.59. The predicted molar refractivity (Wildman–Crippen MR) is 74.3 cm³/mol. The van der Waals surface area contributed by atoms with Gasteiger partial charge in [0.25, 0.3) is 0 Å². The molecule has 1 amide bonds. The van der Waals surface area contributed by atoms with Crippen molar-refractivity contribution >= 4 is 23.3 Å². The van der Waals surface area contributed by atoms with E-state index in [1.54, 1.807) is 23.5 Å². The fourth-order valence-electron chi connectivity index (χ4n) is 2.24. The first kappa shape index (κ1) is 13.2. The maximum Gasteiger partial charge on any atom is 0.246 e. The quantitative estimate of drug-likeness (QED) is 0.848. The molecule has 0 aromatic carbocycles. The Hall–Kier alpha value is -1.20. The van der Waals surface area contributed by atoms with Gasteiger partial charge in [0.2, 0.25) is 5.91 Å². The van der Waals surface area contributed by atoms with Crippen LogP contribution in [0, 0.1) is 6.92 Å². The second kappa shape index (κ2) is 6.11. The van der Waals surface area contributed by atoms with Crippen molar-refractivity contribution < 1.29 is 4.79 Å². The molecule has 1 aliphatic heterocycles. The molecule has 1 aliphatic rings. The number of hydrogen-bond donors (Lipinski definition) is 1. The van der Waals surface area contributed by atoms with Crippen LogP contribution in [0.4, 0.5) is 0 Å². The van der Waals surface area contributed by atoms with Crippen molar-refractivity contribution in [3.63, 3.8) is 0 Å². The van der Waals surface area contributed by atoms with Crippen LogP contribution in [-0.4, -0.2) is 34.9 Å². The topological polar surface area (TPSA) is 59.2 Å². The Bertz CT molecular complexity index is 441. The zero-order valence-corrected chi connectivity index (χ0v) is 11.4. The molecule has 2 N–H and O–H groups in total. The lowest BCUT2D eigenvalue weighted by atomic mass is 10.0. The van der Waals surface area contributed by atoms with Gasteiger partial charge >= 0.3 is 0 Å². The van der Waals surface area contributed by atoms with Crippen LogP contribution in [0.25, 0.3) is 6.08 Å². The minimum absolute atomic E-state index is 0.0517. The molecule has 5 heteroatoms. The summed E-state index contributed by atoms with van der Waals surface area (Å²) in [5, 5.41) is 2.97. The van der Waals surface area contributed by atoms with Crippen LogP contribution in [-0.2, 0) is 4.79 Å². The zero-order chi connectivity index (χ0) is 13.0. The second-order valence-corrected chi connectivity index (χ2v) is 5.60. The Labute approximate surface area is 112 Å². The summed E-state index contributed by atoms with van der Waals surface area (Å²) in [5.41, 5.74) is 6.57. The number of likely N-dealkylation sites (tertiary alicyclic amines) is 1. The lowest BCUT2D eigenvalue weighted by Crippen LogP contribution is -2.46. The molecule has 1 saturated heterocycles. The summed E-state index contributed by atoms with van der Waals surface area (Å²) in [7, 11) is 0. The molecular weight excluding hydrogens is 246 g/mol. The predicted octanol–water partition coefficient (Wildman–Crippen LogP) is 1.80. The van der Waals surface area contributed by atoms with Crippen molar-refractivity contribution in [1.82, 2.24) is 9.88 Å². The molecule has 98 valence electrons. The van der Waals surface area contributed by atoms with E-state index in [-0.39, 0.29) is 11.9 Å². The van der Waals surface area contributed by atoms with Crippen LogP contribution in [0.15, 0.2) is 11.5 Å². The van der Waals surface area contributed by atoms with Crippen molar-refractivity contribution in [3.8, 4) is 0 Å². The molecule has 0 spiro atoms. The van der Waals surface area contributed by atoms with E-state index in [2.05, 4.69) is 4.98 Å². The van der Waals surface area contributed by atoms with E-state index in [0.717, 1.165) is 30.1 Å². The van der Waals surface area contributed by atoms with Gasteiger partial charge < -0.3 is 10.6 Å². The third-order valence-electron chi connectivity index (χ3n) is 3.22. The Morgan fingerprint density at radius 1 is 1.67 bits per heavy atom. The summed E-state index contributed by atoms with van der Waals surface area (Å²) in [6.07, 6.45) is 6.66. The van der Waals surface area contributed by atoms with Gasteiger partial charge in [0.1, 0.15) is 0 Å². The minimum Gasteiger partial charge on any atom is -0.335 e. The molecule has 1 aromatic heterocycles. The molecule has 1 atom stereocenters. The highest BCUT2D eigenvalue weighted by molar-refractivity contribution is 7.09. The van der Waals surface area contributed by atoms with Crippen molar-refractivity contribution in [2.24, 2.45) is 5.73 Å². The summed E-state index contributed by atoms with van der Waals surface area (Å²) < 4.78 is 0. The highest BCUT2D eigenvalue weighted by Gasteiger charge is 2.23. The fraction of sp³-hybridized carbons (Fsp3) is 0.538. The number of aryl methyl sites for hydroxylation is 1. The molecule has 0 aliphatic carbocycles. The Balaban J connectivity index is 2.00. The van der Waals surface area contributed by atoms with E-state index in [9.17, 15) is 4.79 Å². The number of thiazole rings is 1.